The lowest BCUT2D eigenvalue weighted by atomic mass is 10.1. The van der Waals surface area contributed by atoms with Crippen molar-refractivity contribution in [2.45, 2.75) is 20.3 Å². The van der Waals surface area contributed by atoms with Gasteiger partial charge in [0.25, 0.3) is 0 Å². The summed E-state index contributed by atoms with van der Waals surface area (Å²) in [4.78, 5) is 19.7. The van der Waals surface area contributed by atoms with Gasteiger partial charge in [0.1, 0.15) is 12.1 Å². The minimum atomic E-state index is -0.0294. The third kappa shape index (κ3) is 3.49. The van der Waals surface area contributed by atoms with E-state index in [2.05, 4.69) is 15.3 Å². The Morgan fingerprint density at radius 2 is 2.10 bits per heavy atom. The van der Waals surface area contributed by atoms with Crippen LogP contribution in [0.1, 0.15) is 20.3 Å². The van der Waals surface area contributed by atoms with Gasteiger partial charge in [-0.3, -0.25) is 9.36 Å². The molecule has 0 aliphatic rings. The van der Waals surface area contributed by atoms with Gasteiger partial charge in [0, 0.05) is 6.42 Å². The van der Waals surface area contributed by atoms with E-state index in [9.17, 15) is 4.79 Å². The van der Waals surface area contributed by atoms with Crippen LogP contribution >= 0.6 is 23.2 Å². The third-order valence-electron chi connectivity index (χ3n) is 2.54. The lowest BCUT2D eigenvalue weighted by molar-refractivity contribution is -0.116. The van der Waals surface area contributed by atoms with Crippen LogP contribution in [0.4, 0.5) is 5.69 Å². The Labute approximate surface area is 126 Å². The van der Waals surface area contributed by atoms with Crippen molar-refractivity contribution in [2.75, 3.05) is 5.32 Å². The van der Waals surface area contributed by atoms with Gasteiger partial charge >= 0.3 is 0 Å². The standard InChI is InChI=1S/C13H14Cl2N4O/c1-8(2)5-11(20)18-9-3-4-10(16-6-9)19-7-17-12(14)13(19)15/h3-4,6-8H,5H2,1-2H3,(H,18,20). The summed E-state index contributed by atoms with van der Waals surface area (Å²) < 4.78 is 1.56. The van der Waals surface area contributed by atoms with E-state index in [-0.39, 0.29) is 11.1 Å². The molecule has 0 radical (unpaired) electrons. The topological polar surface area (TPSA) is 59.8 Å². The van der Waals surface area contributed by atoms with Crippen molar-refractivity contribution >= 4 is 34.8 Å². The number of carbonyl (C=O) groups is 1. The van der Waals surface area contributed by atoms with E-state index < -0.39 is 0 Å². The minimum Gasteiger partial charge on any atom is -0.325 e. The average Bonchev–Trinajstić information content (AvgIpc) is 2.70. The third-order valence-corrected chi connectivity index (χ3v) is 3.27. The van der Waals surface area contributed by atoms with E-state index in [0.717, 1.165) is 0 Å². The maximum Gasteiger partial charge on any atom is 0.224 e. The van der Waals surface area contributed by atoms with Gasteiger partial charge in [-0.05, 0) is 18.1 Å². The molecule has 1 N–H and O–H groups in total. The van der Waals surface area contributed by atoms with Gasteiger partial charge in [0.15, 0.2) is 10.3 Å². The van der Waals surface area contributed by atoms with Crippen LogP contribution in [0.2, 0.25) is 10.3 Å². The number of rotatable bonds is 4. The Balaban J connectivity index is 2.11. The highest BCUT2D eigenvalue weighted by atomic mass is 35.5. The van der Waals surface area contributed by atoms with Crippen molar-refractivity contribution in [2.24, 2.45) is 5.92 Å². The first kappa shape index (κ1) is 14.8. The van der Waals surface area contributed by atoms with Gasteiger partial charge < -0.3 is 5.32 Å². The highest BCUT2D eigenvalue weighted by Gasteiger charge is 2.09. The van der Waals surface area contributed by atoms with E-state index >= 15 is 0 Å². The van der Waals surface area contributed by atoms with E-state index in [1.165, 1.54) is 6.33 Å². The molecule has 0 unspecified atom stereocenters. The summed E-state index contributed by atoms with van der Waals surface area (Å²) in [6.45, 7) is 3.98. The van der Waals surface area contributed by atoms with Crippen LogP contribution in [0.5, 0.6) is 0 Å². The number of imidazole rings is 1. The summed E-state index contributed by atoms with van der Waals surface area (Å²) in [6, 6.07) is 3.49. The zero-order chi connectivity index (χ0) is 14.7. The molecule has 7 heteroatoms. The normalized spacial score (nSPS) is 10.8. The first-order valence-corrected chi connectivity index (χ1v) is 6.87. The van der Waals surface area contributed by atoms with E-state index in [1.807, 2.05) is 13.8 Å². The molecule has 0 saturated carbocycles. The smallest absolute Gasteiger partial charge is 0.224 e. The van der Waals surface area contributed by atoms with Crippen molar-refractivity contribution in [3.05, 3.63) is 35.0 Å². The van der Waals surface area contributed by atoms with Gasteiger partial charge in [-0.15, -0.1) is 0 Å². The SMILES string of the molecule is CC(C)CC(=O)Nc1ccc(-n2cnc(Cl)c2Cl)nc1. The number of nitrogens with one attached hydrogen (secondary N) is 1. The number of halogens is 2. The zero-order valence-electron chi connectivity index (χ0n) is 11.1. The predicted octanol–water partition coefficient (Wildman–Crippen LogP) is 3.56. The van der Waals surface area contributed by atoms with E-state index in [4.69, 9.17) is 23.2 Å². The molecule has 2 aromatic heterocycles. The molecule has 2 aromatic rings. The van der Waals surface area contributed by atoms with Gasteiger partial charge in [-0.1, -0.05) is 37.0 Å². The average molecular weight is 313 g/mol. The van der Waals surface area contributed by atoms with Crippen LogP contribution in [-0.4, -0.2) is 20.4 Å². The number of anilines is 1. The summed E-state index contributed by atoms with van der Waals surface area (Å²) in [5.41, 5.74) is 0.640. The molecule has 0 aromatic carbocycles. The highest BCUT2D eigenvalue weighted by Crippen LogP contribution is 2.23. The molecular formula is C13H14Cl2N4O. The molecule has 106 valence electrons. The molecule has 0 aliphatic heterocycles. The number of aromatic nitrogens is 3. The molecule has 2 rings (SSSR count). The number of carbonyl (C=O) groups excluding carboxylic acids is 1. The van der Waals surface area contributed by atoms with Crippen molar-refractivity contribution in [3.8, 4) is 5.82 Å². The van der Waals surface area contributed by atoms with E-state index in [0.29, 0.717) is 29.0 Å². The first-order chi connectivity index (χ1) is 9.47. The molecule has 0 spiro atoms. The van der Waals surface area contributed by atoms with Crippen LogP contribution in [-0.2, 0) is 4.79 Å². The predicted molar refractivity (Wildman–Crippen MR) is 79.5 cm³/mol. The molecular weight excluding hydrogens is 299 g/mol. The summed E-state index contributed by atoms with van der Waals surface area (Å²) in [6.07, 6.45) is 3.53. The lowest BCUT2D eigenvalue weighted by Crippen LogP contribution is -2.14. The zero-order valence-corrected chi connectivity index (χ0v) is 12.6. The van der Waals surface area contributed by atoms with Crippen molar-refractivity contribution in [3.63, 3.8) is 0 Å². The van der Waals surface area contributed by atoms with Crippen LogP contribution in [0.25, 0.3) is 5.82 Å². The Morgan fingerprint density at radius 1 is 1.35 bits per heavy atom. The van der Waals surface area contributed by atoms with Crippen LogP contribution < -0.4 is 5.32 Å². The minimum absolute atomic E-state index is 0.0294. The van der Waals surface area contributed by atoms with Gasteiger partial charge in [-0.2, -0.15) is 0 Å². The monoisotopic (exact) mass is 312 g/mol. The first-order valence-electron chi connectivity index (χ1n) is 6.12. The largest absolute Gasteiger partial charge is 0.325 e. The molecule has 20 heavy (non-hydrogen) atoms. The van der Waals surface area contributed by atoms with Crippen LogP contribution in [0, 0.1) is 5.92 Å². The Kier molecular flexibility index (Phi) is 4.62. The number of amides is 1. The lowest BCUT2D eigenvalue weighted by Gasteiger charge is -2.08. The number of nitrogens with zero attached hydrogens (tertiary/aromatic N) is 3. The fourth-order valence-electron chi connectivity index (χ4n) is 1.66. The summed E-state index contributed by atoms with van der Waals surface area (Å²) in [5.74, 6) is 0.864. The number of hydrogen-bond acceptors (Lipinski definition) is 3. The second kappa shape index (κ2) is 6.24. The van der Waals surface area contributed by atoms with Gasteiger partial charge in [0.2, 0.25) is 5.91 Å². The summed E-state index contributed by atoms with van der Waals surface area (Å²) in [5, 5.41) is 3.31. The Bertz CT molecular complexity index is 607. The fraction of sp³-hybridized carbons (Fsp3) is 0.308. The van der Waals surface area contributed by atoms with Crippen molar-refractivity contribution < 1.29 is 4.79 Å². The van der Waals surface area contributed by atoms with Crippen molar-refractivity contribution in [1.82, 2.24) is 14.5 Å². The highest BCUT2D eigenvalue weighted by molar-refractivity contribution is 6.40. The van der Waals surface area contributed by atoms with Gasteiger partial charge in [0.05, 0.1) is 11.9 Å². The molecule has 0 fully saturated rings. The molecule has 2 heterocycles. The summed E-state index contributed by atoms with van der Waals surface area (Å²) >= 11 is 11.8. The maximum absolute atomic E-state index is 11.6. The second-order valence-corrected chi connectivity index (χ2v) is 5.46. The Hall–Kier alpha value is -1.59. The molecule has 1 amide bonds. The Morgan fingerprint density at radius 3 is 2.60 bits per heavy atom. The van der Waals surface area contributed by atoms with Crippen LogP contribution in [0.15, 0.2) is 24.7 Å². The number of hydrogen-bond donors (Lipinski definition) is 1. The van der Waals surface area contributed by atoms with Gasteiger partial charge in [-0.25, -0.2) is 9.97 Å². The quantitative estimate of drug-likeness (QED) is 0.939. The molecule has 5 nitrogen and oxygen atoms in total. The molecule has 0 atom stereocenters. The molecule has 0 bridgehead atoms. The van der Waals surface area contributed by atoms with Crippen LogP contribution in [0.3, 0.4) is 0 Å². The second-order valence-electron chi connectivity index (χ2n) is 4.75. The molecule has 0 aliphatic carbocycles. The number of pyridine rings is 1. The fourth-order valence-corrected chi connectivity index (χ4v) is 1.97. The van der Waals surface area contributed by atoms with Crippen molar-refractivity contribution in [1.29, 1.82) is 0 Å². The van der Waals surface area contributed by atoms with E-state index in [1.54, 1.807) is 22.9 Å². The maximum atomic E-state index is 11.6. The molecule has 0 saturated heterocycles. The summed E-state index contributed by atoms with van der Waals surface area (Å²) in [7, 11) is 0.